The van der Waals surface area contributed by atoms with Gasteiger partial charge in [-0.15, -0.1) is 0 Å². The molecule has 0 heterocycles. The SMILES string of the molecule is Nc1ccc(-c2ccc(N)c(O[P+](O)(O)O)c2)cc1. The zero-order valence-electron chi connectivity index (χ0n) is 9.89. The van der Waals surface area contributed by atoms with Crippen LogP contribution in [-0.2, 0) is 0 Å². The summed E-state index contributed by atoms with van der Waals surface area (Å²) in [7, 11) is -4.38. The Hall–Kier alpha value is -1.85. The number of nitrogens with two attached hydrogens (primary N) is 2. The third kappa shape index (κ3) is 3.56. The van der Waals surface area contributed by atoms with E-state index in [0.717, 1.165) is 11.1 Å². The molecule has 0 aromatic heterocycles. The summed E-state index contributed by atoms with van der Waals surface area (Å²) in [4.78, 5) is 26.8. The Kier molecular flexibility index (Phi) is 3.59. The van der Waals surface area contributed by atoms with Crippen molar-refractivity contribution in [1.29, 1.82) is 0 Å². The van der Waals surface area contributed by atoms with Gasteiger partial charge in [0.25, 0.3) is 0 Å². The maximum Gasteiger partial charge on any atom is 0.613 e. The van der Waals surface area contributed by atoms with Crippen molar-refractivity contribution in [1.82, 2.24) is 0 Å². The fraction of sp³-hybridized carbons (Fsp3) is 0. The highest BCUT2D eigenvalue weighted by Crippen LogP contribution is 2.48. The van der Waals surface area contributed by atoms with Crippen molar-refractivity contribution in [3.8, 4) is 16.9 Å². The zero-order chi connectivity index (χ0) is 14.0. The second-order valence-corrected chi connectivity index (χ2v) is 5.19. The van der Waals surface area contributed by atoms with Gasteiger partial charge in [-0.2, -0.15) is 14.7 Å². The average molecular weight is 281 g/mol. The predicted octanol–water partition coefficient (Wildman–Crippen LogP) is 1.55. The third-order valence-electron chi connectivity index (χ3n) is 2.48. The summed E-state index contributed by atoms with van der Waals surface area (Å²) in [5.41, 5.74) is 13.7. The molecule has 0 unspecified atom stereocenters. The van der Waals surface area contributed by atoms with Crippen LogP contribution in [0.2, 0.25) is 0 Å². The first kappa shape index (κ1) is 13.6. The van der Waals surface area contributed by atoms with Crippen molar-refractivity contribution in [2.24, 2.45) is 0 Å². The number of hydrogen-bond donors (Lipinski definition) is 5. The molecule has 0 aliphatic carbocycles. The van der Waals surface area contributed by atoms with Gasteiger partial charge in [0.15, 0.2) is 0 Å². The van der Waals surface area contributed by atoms with Gasteiger partial charge in [0.1, 0.15) is 0 Å². The Morgan fingerprint density at radius 3 is 2.00 bits per heavy atom. The summed E-state index contributed by atoms with van der Waals surface area (Å²) in [5.74, 6) is 0.00941. The van der Waals surface area contributed by atoms with Crippen molar-refractivity contribution in [3.63, 3.8) is 0 Å². The van der Waals surface area contributed by atoms with Crippen molar-refractivity contribution in [2.45, 2.75) is 0 Å². The molecule has 19 heavy (non-hydrogen) atoms. The maximum atomic E-state index is 8.92. The first-order chi connectivity index (χ1) is 8.85. The zero-order valence-corrected chi connectivity index (χ0v) is 10.8. The van der Waals surface area contributed by atoms with E-state index in [1.807, 2.05) is 12.1 Å². The lowest BCUT2D eigenvalue weighted by molar-refractivity contribution is 0.238. The van der Waals surface area contributed by atoms with E-state index < -0.39 is 8.17 Å². The van der Waals surface area contributed by atoms with E-state index in [-0.39, 0.29) is 11.4 Å². The smallest absolute Gasteiger partial charge is 0.399 e. The molecule has 0 bridgehead atoms. The minimum Gasteiger partial charge on any atom is -0.399 e. The van der Waals surface area contributed by atoms with E-state index in [1.165, 1.54) is 6.07 Å². The van der Waals surface area contributed by atoms with Crippen LogP contribution < -0.4 is 16.0 Å². The van der Waals surface area contributed by atoms with Crippen molar-refractivity contribution in [3.05, 3.63) is 42.5 Å². The Morgan fingerprint density at radius 1 is 0.842 bits per heavy atom. The van der Waals surface area contributed by atoms with Gasteiger partial charge >= 0.3 is 8.17 Å². The topological polar surface area (TPSA) is 122 Å². The number of hydrogen-bond acceptors (Lipinski definition) is 6. The molecule has 7 N–H and O–H groups in total. The molecule has 0 aliphatic heterocycles. The Balaban J connectivity index is 2.38. The maximum absolute atomic E-state index is 8.92. The van der Waals surface area contributed by atoms with Gasteiger partial charge in [0, 0.05) is 5.69 Å². The Labute approximate surface area is 110 Å². The average Bonchev–Trinajstić information content (AvgIpc) is 2.31. The molecule has 6 nitrogen and oxygen atoms in total. The van der Waals surface area contributed by atoms with Crippen LogP contribution in [0, 0.1) is 0 Å². The second kappa shape index (κ2) is 5.03. The van der Waals surface area contributed by atoms with Crippen molar-refractivity contribution in [2.75, 3.05) is 11.5 Å². The molecule has 0 radical (unpaired) electrons. The molecule has 100 valence electrons. The summed E-state index contributed by atoms with van der Waals surface area (Å²) >= 11 is 0. The molecule has 0 saturated carbocycles. The van der Waals surface area contributed by atoms with Gasteiger partial charge in [0.05, 0.1) is 5.69 Å². The van der Waals surface area contributed by atoms with Crippen molar-refractivity contribution >= 4 is 19.5 Å². The quantitative estimate of drug-likeness (QED) is 0.430. The van der Waals surface area contributed by atoms with E-state index in [2.05, 4.69) is 4.52 Å². The van der Waals surface area contributed by atoms with Crippen LogP contribution in [0.3, 0.4) is 0 Å². The van der Waals surface area contributed by atoms with E-state index in [0.29, 0.717) is 5.69 Å². The summed E-state index contributed by atoms with van der Waals surface area (Å²) in [6.45, 7) is 0. The largest absolute Gasteiger partial charge is 0.613 e. The molecule has 0 fully saturated rings. The van der Waals surface area contributed by atoms with Gasteiger partial charge in [-0.05, 0) is 35.4 Å². The first-order valence-corrected chi connectivity index (χ1v) is 6.94. The number of benzene rings is 2. The standard InChI is InChI=1S/C12H14N2O4P/c13-10-4-1-8(2-5-10)9-3-6-11(14)12(7-9)18-19(15,16)17/h1-7,15-17H,13-14H2/q+1. The highest BCUT2D eigenvalue weighted by molar-refractivity contribution is 7.53. The summed E-state index contributed by atoms with van der Waals surface area (Å²) in [5, 5.41) is 0. The van der Waals surface area contributed by atoms with Crippen LogP contribution in [0.5, 0.6) is 5.75 Å². The van der Waals surface area contributed by atoms with Crippen LogP contribution in [-0.4, -0.2) is 14.7 Å². The number of rotatable bonds is 3. The number of nitrogen functional groups attached to an aromatic ring is 2. The normalized spacial score (nSPS) is 11.3. The molecule has 0 aliphatic rings. The number of anilines is 2. The van der Waals surface area contributed by atoms with Gasteiger partial charge in [0.2, 0.25) is 5.75 Å². The highest BCUT2D eigenvalue weighted by Gasteiger charge is 2.35. The van der Waals surface area contributed by atoms with Crippen LogP contribution in [0.1, 0.15) is 0 Å². The highest BCUT2D eigenvalue weighted by atomic mass is 31.2. The van der Waals surface area contributed by atoms with E-state index in [1.54, 1.807) is 24.3 Å². The minimum absolute atomic E-state index is 0.00941. The molecule has 0 amide bonds. The van der Waals surface area contributed by atoms with Gasteiger partial charge in [-0.3, -0.25) is 4.52 Å². The molecular weight excluding hydrogens is 267 g/mol. The molecule has 2 rings (SSSR count). The molecule has 0 saturated heterocycles. The summed E-state index contributed by atoms with van der Waals surface area (Å²) in [6, 6.07) is 11.9. The third-order valence-corrected chi connectivity index (χ3v) is 2.92. The molecule has 0 spiro atoms. The van der Waals surface area contributed by atoms with Gasteiger partial charge in [-0.1, -0.05) is 18.2 Å². The molecule has 7 heteroatoms. The Morgan fingerprint density at radius 2 is 1.42 bits per heavy atom. The van der Waals surface area contributed by atoms with E-state index >= 15 is 0 Å². The fourth-order valence-corrected chi connectivity index (χ4v) is 2.02. The van der Waals surface area contributed by atoms with Crippen LogP contribution in [0.25, 0.3) is 11.1 Å². The monoisotopic (exact) mass is 281 g/mol. The Bertz CT molecular complexity index is 581. The van der Waals surface area contributed by atoms with Crippen LogP contribution in [0.4, 0.5) is 11.4 Å². The lowest BCUT2D eigenvalue weighted by Crippen LogP contribution is -2.00. The minimum atomic E-state index is -4.38. The predicted molar refractivity (Wildman–Crippen MR) is 74.9 cm³/mol. The van der Waals surface area contributed by atoms with Gasteiger partial charge < -0.3 is 11.5 Å². The molecular formula is C12H14N2O4P+. The van der Waals surface area contributed by atoms with E-state index in [4.69, 9.17) is 26.1 Å². The molecule has 2 aromatic rings. The van der Waals surface area contributed by atoms with Crippen LogP contribution in [0.15, 0.2) is 42.5 Å². The summed E-state index contributed by atoms with van der Waals surface area (Å²) < 4.78 is 4.65. The lowest BCUT2D eigenvalue weighted by Gasteiger charge is -2.09. The molecule has 2 aromatic carbocycles. The lowest BCUT2D eigenvalue weighted by atomic mass is 10.0. The first-order valence-electron chi connectivity index (χ1n) is 5.37. The van der Waals surface area contributed by atoms with Crippen LogP contribution >= 0.6 is 8.17 Å². The second-order valence-electron chi connectivity index (χ2n) is 3.98. The fourth-order valence-electron chi connectivity index (χ4n) is 1.60. The summed E-state index contributed by atoms with van der Waals surface area (Å²) in [6.07, 6.45) is 0. The van der Waals surface area contributed by atoms with E-state index in [9.17, 15) is 0 Å². The van der Waals surface area contributed by atoms with Crippen molar-refractivity contribution < 1.29 is 19.2 Å². The van der Waals surface area contributed by atoms with Gasteiger partial charge in [-0.25, -0.2) is 0 Å². The molecule has 0 atom stereocenters.